The summed E-state index contributed by atoms with van der Waals surface area (Å²) in [5.74, 6) is -2.73. The van der Waals surface area contributed by atoms with Crippen LogP contribution in [0, 0.1) is 0 Å². The van der Waals surface area contributed by atoms with Crippen LogP contribution in [0.5, 0.6) is 5.75 Å². The number of nitrogens with zero attached hydrogens (tertiary/aromatic N) is 1. The highest BCUT2D eigenvalue weighted by atomic mass is 16.7. The number of carbonyl (C=O) groups is 5. The zero-order valence-electron chi connectivity index (χ0n) is 15.2. The smallest absolute Gasteiger partial charge is 0.413 e. The Morgan fingerprint density at radius 1 is 1.11 bits per heavy atom. The van der Waals surface area contributed by atoms with Crippen LogP contribution in [-0.4, -0.2) is 47.6 Å². The number of hydrogen-bond donors (Lipinski definition) is 1. The van der Waals surface area contributed by atoms with Crippen LogP contribution < -0.4 is 10.1 Å². The lowest BCUT2D eigenvalue weighted by molar-refractivity contribution is -0.199. The van der Waals surface area contributed by atoms with Crippen molar-refractivity contribution in [2.45, 2.75) is 38.6 Å². The highest BCUT2D eigenvalue weighted by Gasteiger charge is 2.35. The van der Waals surface area contributed by atoms with E-state index < -0.39 is 35.9 Å². The normalized spacial score (nSPS) is 14.4. The Kier molecular flexibility index (Phi) is 7.49. The Labute approximate surface area is 160 Å². The number of ether oxygens (including phenoxy) is 2. The molecule has 10 heteroatoms. The number of esters is 1. The molecule has 0 radical (unpaired) electrons. The summed E-state index contributed by atoms with van der Waals surface area (Å²) in [4.78, 5) is 64.0. The molecule has 1 N–H and O–H groups in total. The van der Waals surface area contributed by atoms with Gasteiger partial charge in [0.05, 0.1) is 6.61 Å². The third-order valence-electron chi connectivity index (χ3n) is 3.66. The molecule has 1 aliphatic heterocycles. The molecule has 0 aliphatic carbocycles. The maximum absolute atomic E-state index is 12.4. The molecule has 1 heterocycles. The largest absolute Gasteiger partial charge is 0.466 e. The van der Waals surface area contributed by atoms with Gasteiger partial charge in [-0.3, -0.25) is 14.4 Å². The van der Waals surface area contributed by atoms with Crippen LogP contribution in [-0.2, 0) is 28.8 Å². The van der Waals surface area contributed by atoms with Crippen molar-refractivity contribution in [3.63, 3.8) is 0 Å². The van der Waals surface area contributed by atoms with E-state index in [4.69, 9.17) is 14.3 Å². The minimum atomic E-state index is -1.33. The lowest BCUT2D eigenvalue weighted by Crippen LogP contribution is -2.46. The summed E-state index contributed by atoms with van der Waals surface area (Å²) < 4.78 is 9.83. The van der Waals surface area contributed by atoms with Crippen molar-refractivity contribution in [3.05, 3.63) is 30.3 Å². The number of para-hydroxylation sites is 1. The van der Waals surface area contributed by atoms with E-state index in [2.05, 4.69) is 5.32 Å². The monoisotopic (exact) mass is 392 g/mol. The highest BCUT2D eigenvalue weighted by molar-refractivity contribution is 6.01. The molecular weight excluding hydrogens is 372 g/mol. The van der Waals surface area contributed by atoms with Crippen molar-refractivity contribution in [3.8, 4) is 5.75 Å². The van der Waals surface area contributed by atoms with Crippen molar-refractivity contribution < 1.29 is 38.3 Å². The molecule has 0 unspecified atom stereocenters. The molecule has 0 spiro atoms. The second-order valence-corrected chi connectivity index (χ2v) is 5.74. The van der Waals surface area contributed by atoms with Crippen LogP contribution in [0.1, 0.15) is 32.6 Å². The quantitative estimate of drug-likeness (QED) is 0.514. The maximum atomic E-state index is 12.4. The third kappa shape index (κ3) is 6.08. The minimum absolute atomic E-state index is 0.0664. The van der Waals surface area contributed by atoms with Gasteiger partial charge >= 0.3 is 18.0 Å². The summed E-state index contributed by atoms with van der Waals surface area (Å²) >= 11 is 0. The van der Waals surface area contributed by atoms with Gasteiger partial charge in [0, 0.05) is 19.3 Å². The molecule has 1 saturated heterocycles. The number of amides is 3. The van der Waals surface area contributed by atoms with E-state index in [-0.39, 0.29) is 38.0 Å². The van der Waals surface area contributed by atoms with Gasteiger partial charge in [-0.05, 0) is 25.5 Å². The fourth-order valence-corrected chi connectivity index (χ4v) is 2.32. The summed E-state index contributed by atoms with van der Waals surface area (Å²) in [5.41, 5.74) is 0. The van der Waals surface area contributed by atoms with Gasteiger partial charge in [-0.2, -0.15) is 0 Å². The van der Waals surface area contributed by atoms with Crippen LogP contribution in [0.2, 0.25) is 0 Å². The molecule has 28 heavy (non-hydrogen) atoms. The Morgan fingerprint density at radius 2 is 1.75 bits per heavy atom. The number of benzene rings is 1. The summed E-state index contributed by atoms with van der Waals surface area (Å²) in [7, 11) is 0. The summed E-state index contributed by atoms with van der Waals surface area (Å²) in [6.45, 7) is 1.79. The molecule has 0 aromatic heterocycles. The van der Waals surface area contributed by atoms with E-state index in [9.17, 15) is 24.0 Å². The third-order valence-corrected chi connectivity index (χ3v) is 3.66. The van der Waals surface area contributed by atoms with Crippen molar-refractivity contribution >= 4 is 29.8 Å². The SMILES string of the molecule is CCOC(=O)CC[C@H](NC(=O)Oc1ccccc1)C(=O)ON1C(=O)CCC1=O. The first-order valence-electron chi connectivity index (χ1n) is 8.67. The van der Waals surface area contributed by atoms with Crippen LogP contribution >= 0.6 is 0 Å². The van der Waals surface area contributed by atoms with Crippen molar-refractivity contribution in [1.82, 2.24) is 10.4 Å². The molecule has 1 aliphatic rings. The van der Waals surface area contributed by atoms with Gasteiger partial charge in [-0.1, -0.05) is 18.2 Å². The Bertz CT molecular complexity index is 733. The number of imide groups is 1. The first-order chi connectivity index (χ1) is 13.4. The summed E-state index contributed by atoms with van der Waals surface area (Å²) in [6, 6.07) is 6.77. The first kappa shape index (κ1) is 20.9. The number of hydrogen-bond acceptors (Lipinski definition) is 8. The van der Waals surface area contributed by atoms with Crippen LogP contribution in [0.25, 0.3) is 0 Å². The summed E-state index contributed by atoms with van der Waals surface area (Å²) in [5, 5.41) is 2.64. The predicted molar refractivity (Wildman–Crippen MR) is 92.4 cm³/mol. The lowest BCUT2D eigenvalue weighted by Gasteiger charge is -2.19. The Morgan fingerprint density at radius 3 is 2.36 bits per heavy atom. The van der Waals surface area contributed by atoms with E-state index in [0.717, 1.165) is 0 Å². The van der Waals surface area contributed by atoms with E-state index >= 15 is 0 Å². The second kappa shape index (κ2) is 10.0. The standard InChI is InChI=1S/C18H20N2O8/c1-2-26-16(23)11-8-13(17(24)28-20-14(21)9-10-15(20)22)19-18(25)27-12-6-4-3-5-7-12/h3-7,13H,2,8-11H2,1H3,(H,19,25)/t13-/m0/s1. The minimum Gasteiger partial charge on any atom is -0.466 e. The van der Waals surface area contributed by atoms with Crippen LogP contribution in [0.4, 0.5) is 4.79 Å². The highest BCUT2D eigenvalue weighted by Crippen LogP contribution is 2.14. The van der Waals surface area contributed by atoms with Crippen LogP contribution in [0.3, 0.4) is 0 Å². The van der Waals surface area contributed by atoms with Gasteiger partial charge in [0.25, 0.3) is 11.8 Å². The molecule has 1 aromatic rings. The summed E-state index contributed by atoms with van der Waals surface area (Å²) in [6.07, 6.45) is -1.46. The van der Waals surface area contributed by atoms with E-state index in [1.165, 1.54) is 12.1 Å². The van der Waals surface area contributed by atoms with Crippen molar-refractivity contribution in [1.29, 1.82) is 0 Å². The molecule has 10 nitrogen and oxygen atoms in total. The van der Waals surface area contributed by atoms with Gasteiger partial charge in [-0.15, -0.1) is 5.06 Å². The molecule has 1 fully saturated rings. The number of carbonyl (C=O) groups excluding carboxylic acids is 5. The zero-order chi connectivity index (χ0) is 20.5. The van der Waals surface area contributed by atoms with E-state index in [1.54, 1.807) is 25.1 Å². The Balaban J connectivity index is 2.01. The van der Waals surface area contributed by atoms with E-state index in [1.807, 2.05) is 0 Å². The Hall–Kier alpha value is -3.43. The number of rotatable bonds is 8. The lowest BCUT2D eigenvalue weighted by atomic mass is 10.1. The van der Waals surface area contributed by atoms with Gasteiger partial charge in [0.2, 0.25) is 0 Å². The molecule has 2 rings (SSSR count). The van der Waals surface area contributed by atoms with Gasteiger partial charge in [0.15, 0.2) is 0 Å². The number of hydroxylamine groups is 2. The number of nitrogens with one attached hydrogen (secondary N) is 1. The average molecular weight is 392 g/mol. The molecule has 0 saturated carbocycles. The van der Waals surface area contributed by atoms with E-state index in [0.29, 0.717) is 5.06 Å². The fraction of sp³-hybridized carbons (Fsp3) is 0.389. The molecular formula is C18H20N2O8. The van der Waals surface area contributed by atoms with Crippen LogP contribution in [0.15, 0.2) is 30.3 Å². The topological polar surface area (TPSA) is 128 Å². The van der Waals surface area contributed by atoms with Crippen molar-refractivity contribution in [2.75, 3.05) is 6.61 Å². The van der Waals surface area contributed by atoms with Gasteiger partial charge in [0.1, 0.15) is 11.8 Å². The maximum Gasteiger partial charge on any atom is 0.413 e. The van der Waals surface area contributed by atoms with Gasteiger partial charge < -0.3 is 19.6 Å². The molecule has 1 aromatic carbocycles. The van der Waals surface area contributed by atoms with Gasteiger partial charge in [-0.25, -0.2) is 9.59 Å². The fourth-order valence-electron chi connectivity index (χ4n) is 2.32. The zero-order valence-corrected chi connectivity index (χ0v) is 15.2. The predicted octanol–water partition coefficient (Wildman–Crippen LogP) is 1.09. The second-order valence-electron chi connectivity index (χ2n) is 5.74. The first-order valence-corrected chi connectivity index (χ1v) is 8.67. The molecule has 3 amide bonds. The van der Waals surface area contributed by atoms with Crippen molar-refractivity contribution in [2.24, 2.45) is 0 Å². The molecule has 0 bridgehead atoms. The molecule has 1 atom stereocenters. The average Bonchev–Trinajstić information content (AvgIpc) is 2.98. The molecule has 150 valence electrons.